The largest absolute Gasteiger partial charge is 0.497 e. The molecule has 0 spiro atoms. The molecule has 1 N–H and O–H groups in total. The summed E-state index contributed by atoms with van der Waals surface area (Å²) >= 11 is 5.94. The van der Waals surface area contributed by atoms with Gasteiger partial charge in [-0.25, -0.2) is 8.42 Å². The number of sulfonamides is 1. The Kier molecular flexibility index (Phi) is 7.19. The van der Waals surface area contributed by atoms with Crippen LogP contribution in [-0.4, -0.2) is 32.9 Å². The van der Waals surface area contributed by atoms with E-state index in [2.05, 4.69) is 5.32 Å². The van der Waals surface area contributed by atoms with Gasteiger partial charge >= 0.3 is 0 Å². The summed E-state index contributed by atoms with van der Waals surface area (Å²) in [6.07, 6.45) is 0. The van der Waals surface area contributed by atoms with Crippen LogP contribution in [0.5, 0.6) is 5.75 Å². The highest BCUT2D eigenvalue weighted by atomic mass is 35.5. The molecular formula is C22H20ClN3O6S. The summed E-state index contributed by atoms with van der Waals surface area (Å²) in [6, 6.07) is 16.1. The second-order valence-electron chi connectivity index (χ2n) is 6.97. The Morgan fingerprint density at radius 2 is 1.82 bits per heavy atom. The number of carbonyl (C=O) groups is 1. The van der Waals surface area contributed by atoms with Crippen LogP contribution >= 0.6 is 11.6 Å². The maximum absolute atomic E-state index is 13.5. The van der Waals surface area contributed by atoms with Crippen molar-refractivity contribution in [3.05, 3.63) is 87.4 Å². The molecule has 1 amide bonds. The fourth-order valence-corrected chi connectivity index (χ4v) is 4.67. The van der Waals surface area contributed by atoms with Crippen molar-refractivity contribution in [3.63, 3.8) is 0 Å². The monoisotopic (exact) mass is 489 g/mol. The van der Waals surface area contributed by atoms with E-state index in [0.717, 1.165) is 10.4 Å². The van der Waals surface area contributed by atoms with E-state index in [1.54, 1.807) is 30.3 Å². The number of hydrogen-bond donors (Lipinski definition) is 1. The molecule has 0 aliphatic heterocycles. The van der Waals surface area contributed by atoms with Crippen LogP contribution in [0.15, 0.2) is 71.6 Å². The highest BCUT2D eigenvalue weighted by Gasteiger charge is 2.29. The van der Waals surface area contributed by atoms with Crippen molar-refractivity contribution in [3.8, 4) is 5.75 Å². The normalized spacial score (nSPS) is 11.0. The molecule has 0 aliphatic carbocycles. The molecule has 9 nitrogen and oxygen atoms in total. The molecule has 3 aromatic rings. The van der Waals surface area contributed by atoms with E-state index in [1.165, 1.54) is 44.4 Å². The average molecular weight is 490 g/mol. The topological polar surface area (TPSA) is 119 Å². The SMILES string of the molecule is COc1ccc(N(CC(=O)Nc2cccc(Cl)c2)S(=O)(=O)c2ccc(C)c([N+](=O)[O-])c2)cc1. The highest BCUT2D eigenvalue weighted by Crippen LogP contribution is 2.29. The van der Waals surface area contributed by atoms with Crippen molar-refractivity contribution in [2.45, 2.75) is 11.8 Å². The standard InChI is InChI=1S/C22H20ClN3O6S/c1-15-6-11-20(13-21(15)26(28)29)33(30,31)25(18-7-9-19(32-2)10-8-18)14-22(27)24-17-5-3-4-16(23)12-17/h3-13H,14H2,1-2H3,(H,24,27). The van der Waals surface area contributed by atoms with Gasteiger partial charge in [-0.3, -0.25) is 19.2 Å². The Labute approximate surface area is 195 Å². The number of rotatable bonds is 8. The molecule has 0 aliphatic rings. The van der Waals surface area contributed by atoms with Crippen molar-refractivity contribution in [1.29, 1.82) is 0 Å². The molecule has 0 saturated carbocycles. The minimum absolute atomic E-state index is 0.181. The van der Waals surface area contributed by atoms with Crippen LogP contribution in [0.2, 0.25) is 5.02 Å². The van der Waals surface area contributed by atoms with E-state index in [4.69, 9.17) is 16.3 Å². The van der Waals surface area contributed by atoms with E-state index in [-0.39, 0.29) is 16.3 Å². The Balaban J connectivity index is 2.01. The zero-order chi connectivity index (χ0) is 24.2. The molecule has 0 fully saturated rings. The first-order valence-electron chi connectivity index (χ1n) is 9.59. The summed E-state index contributed by atoms with van der Waals surface area (Å²) in [5.74, 6) is -0.135. The molecule has 0 unspecified atom stereocenters. The highest BCUT2D eigenvalue weighted by molar-refractivity contribution is 7.92. The van der Waals surface area contributed by atoms with Crippen LogP contribution in [0.25, 0.3) is 0 Å². The second kappa shape index (κ2) is 9.88. The summed E-state index contributed by atoms with van der Waals surface area (Å²) in [6.45, 7) is 0.928. The number of nitrogens with one attached hydrogen (secondary N) is 1. The lowest BCUT2D eigenvalue weighted by molar-refractivity contribution is -0.385. The molecule has 0 heterocycles. The molecular weight excluding hydrogens is 470 g/mol. The quantitative estimate of drug-likeness (QED) is 0.370. The van der Waals surface area contributed by atoms with Crippen molar-refractivity contribution < 1.29 is 22.9 Å². The third-order valence-corrected chi connectivity index (χ3v) is 6.73. The van der Waals surface area contributed by atoms with Crippen LogP contribution in [0.4, 0.5) is 17.1 Å². The zero-order valence-electron chi connectivity index (χ0n) is 17.7. The number of benzene rings is 3. The van der Waals surface area contributed by atoms with Crippen LogP contribution in [-0.2, 0) is 14.8 Å². The number of anilines is 2. The molecule has 11 heteroatoms. The van der Waals surface area contributed by atoms with E-state index in [1.807, 2.05) is 0 Å². The maximum Gasteiger partial charge on any atom is 0.273 e. The summed E-state index contributed by atoms with van der Waals surface area (Å²) in [5, 5.41) is 14.3. The Bertz CT molecular complexity index is 1300. The number of nitrogens with zero attached hydrogens (tertiary/aromatic N) is 2. The third-order valence-electron chi connectivity index (χ3n) is 4.72. The van der Waals surface area contributed by atoms with Crippen LogP contribution in [0, 0.1) is 17.0 Å². The minimum Gasteiger partial charge on any atom is -0.497 e. The number of halogens is 1. The maximum atomic E-state index is 13.5. The summed E-state index contributed by atoms with van der Waals surface area (Å²) in [4.78, 5) is 23.1. The van der Waals surface area contributed by atoms with Crippen LogP contribution < -0.4 is 14.4 Å². The lowest BCUT2D eigenvalue weighted by atomic mass is 10.2. The summed E-state index contributed by atoms with van der Waals surface area (Å²) in [7, 11) is -2.88. The first kappa shape index (κ1) is 24.0. The smallest absolute Gasteiger partial charge is 0.273 e. The molecule has 3 rings (SSSR count). The average Bonchev–Trinajstić information content (AvgIpc) is 2.77. The molecule has 0 bridgehead atoms. The van der Waals surface area contributed by atoms with Gasteiger partial charge in [0.2, 0.25) is 5.91 Å². The number of methoxy groups -OCH3 is 1. The van der Waals surface area contributed by atoms with E-state index >= 15 is 0 Å². The van der Waals surface area contributed by atoms with Crippen molar-refractivity contribution in [1.82, 2.24) is 0 Å². The van der Waals surface area contributed by atoms with Gasteiger partial charge in [-0.05, 0) is 55.5 Å². The second-order valence-corrected chi connectivity index (χ2v) is 9.27. The summed E-state index contributed by atoms with van der Waals surface area (Å²) < 4.78 is 33.0. The lowest BCUT2D eigenvalue weighted by Crippen LogP contribution is -2.38. The van der Waals surface area contributed by atoms with Gasteiger partial charge in [0, 0.05) is 22.3 Å². The van der Waals surface area contributed by atoms with Gasteiger partial charge in [0.05, 0.1) is 22.6 Å². The van der Waals surface area contributed by atoms with E-state index < -0.39 is 27.4 Å². The van der Waals surface area contributed by atoms with Gasteiger partial charge in [0.1, 0.15) is 12.3 Å². The fraction of sp³-hybridized carbons (Fsp3) is 0.136. The number of aryl methyl sites for hydroxylation is 1. The number of hydrogen-bond acceptors (Lipinski definition) is 6. The van der Waals surface area contributed by atoms with Gasteiger partial charge < -0.3 is 10.1 Å². The van der Waals surface area contributed by atoms with Gasteiger partial charge in [-0.15, -0.1) is 0 Å². The molecule has 0 radical (unpaired) electrons. The molecule has 3 aromatic carbocycles. The van der Waals surface area contributed by atoms with Gasteiger partial charge in [0.25, 0.3) is 15.7 Å². The van der Waals surface area contributed by atoms with E-state index in [0.29, 0.717) is 22.0 Å². The van der Waals surface area contributed by atoms with Gasteiger partial charge in [0.15, 0.2) is 0 Å². The number of carbonyl (C=O) groups excluding carboxylic acids is 1. The Hall–Kier alpha value is -3.63. The van der Waals surface area contributed by atoms with Gasteiger partial charge in [-0.2, -0.15) is 0 Å². The van der Waals surface area contributed by atoms with Gasteiger partial charge in [-0.1, -0.05) is 23.7 Å². The number of amides is 1. The molecule has 172 valence electrons. The zero-order valence-corrected chi connectivity index (χ0v) is 19.3. The van der Waals surface area contributed by atoms with Crippen molar-refractivity contribution in [2.75, 3.05) is 23.3 Å². The number of nitro benzene ring substituents is 1. The number of nitro groups is 1. The van der Waals surface area contributed by atoms with Crippen molar-refractivity contribution >= 4 is 44.6 Å². The fourth-order valence-electron chi connectivity index (χ4n) is 3.03. The lowest BCUT2D eigenvalue weighted by Gasteiger charge is -2.24. The predicted octanol–water partition coefficient (Wildman–Crippen LogP) is 4.40. The molecule has 0 atom stereocenters. The summed E-state index contributed by atoms with van der Waals surface area (Å²) in [5.41, 5.74) is 0.550. The first-order chi connectivity index (χ1) is 15.6. The molecule has 0 aromatic heterocycles. The first-order valence-corrected chi connectivity index (χ1v) is 11.4. The number of ether oxygens (including phenoxy) is 1. The predicted molar refractivity (Wildman–Crippen MR) is 125 cm³/mol. The third kappa shape index (κ3) is 5.60. The van der Waals surface area contributed by atoms with E-state index in [9.17, 15) is 23.3 Å². The molecule has 33 heavy (non-hydrogen) atoms. The van der Waals surface area contributed by atoms with Crippen LogP contribution in [0.3, 0.4) is 0 Å². The van der Waals surface area contributed by atoms with Crippen LogP contribution in [0.1, 0.15) is 5.56 Å². The Morgan fingerprint density at radius 3 is 2.42 bits per heavy atom. The minimum atomic E-state index is -4.34. The van der Waals surface area contributed by atoms with Crippen molar-refractivity contribution in [2.24, 2.45) is 0 Å². The molecule has 0 saturated heterocycles. The Morgan fingerprint density at radius 1 is 1.12 bits per heavy atom.